The molecule has 0 amide bonds. The first-order valence-electron chi connectivity index (χ1n) is 4.66. The van der Waals surface area contributed by atoms with E-state index in [2.05, 4.69) is 27.7 Å². The molecule has 0 aromatic rings. The minimum absolute atomic E-state index is 0.145. The summed E-state index contributed by atoms with van der Waals surface area (Å²) in [4.78, 5) is 0. The first-order chi connectivity index (χ1) is 4.96. The average molecular weight is 154 g/mol. The molecular formula is C10H18O. The van der Waals surface area contributed by atoms with Gasteiger partial charge in [0.15, 0.2) is 0 Å². The van der Waals surface area contributed by atoms with Crippen molar-refractivity contribution in [3.05, 3.63) is 0 Å². The second kappa shape index (κ2) is 1.82. The predicted octanol–water partition coefficient (Wildman–Crippen LogP) is 2.60. The van der Waals surface area contributed by atoms with E-state index >= 15 is 0 Å². The SMILES string of the molecule is CC1C2CCC1(C)OC2(C)C. The van der Waals surface area contributed by atoms with Gasteiger partial charge in [-0.25, -0.2) is 0 Å². The van der Waals surface area contributed by atoms with Crippen molar-refractivity contribution in [2.75, 3.05) is 0 Å². The van der Waals surface area contributed by atoms with E-state index in [1.165, 1.54) is 12.8 Å². The fourth-order valence-corrected chi connectivity index (χ4v) is 3.12. The molecule has 11 heavy (non-hydrogen) atoms. The van der Waals surface area contributed by atoms with Crippen molar-refractivity contribution in [3.8, 4) is 0 Å². The Morgan fingerprint density at radius 2 is 1.91 bits per heavy atom. The Morgan fingerprint density at radius 1 is 1.27 bits per heavy atom. The minimum Gasteiger partial charge on any atom is -0.369 e. The lowest BCUT2D eigenvalue weighted by Crippen LogP contribution is -2.35. The number of ether oxygens (including phenoxy) is 1. The van der Waals surface area contributed by atoms with Crippen molar-refractivity contribution in [3.63, 3.8) is 0 Å². The lowest BCUT2D eigenvalue weighted by Gasteiger charge is -2.33. The van der Waals surface area contributed by atoms with Crippen molar-refractivity contribution in [1.29, 1.82) is 0 Å². The van der Waals surface area contributed by atoms with Crippen LogP contribution in [0.25, 0.3) is 0 Å². The summed E-state index contributed by atoms with van der Waals surface area (Å²) in [6.45, 7) is 9.08. The number of hydrogen-bond donors (Lipinski definition) is 0. The number of fused-ring (bicyclic) bond motifs is 2. The third-order valence-electron chi connectivity index (χ3n) is 3.91. The summed E-state index contributed by atoms with van der Waals surface area (Å²) < 4.78 is 6.05. The van der Waals surface area contributed by atoms with Crippen LogP contribution in [0.2, 0.25) is 0 Å². The van der Waals surface area contributed by atoms with Gasteiger partial charge in [0.05, 0.1) is 11.2 Å². The molecule has 1 aliphatic heterocycles. The standard InChI is InChI=1S/C10H18O/c1-7-8-5-6-10(7,4)11-9(8,2)3/h7-8H,5-6H2,1-4H3. The first kappa shape index (κ1) is 7.60. The van der Waals surface area contributed by atoms with Crippen molar-refractivity contribution >= 4 is 0 Å². The Morgan fingerprint density at radius 3 is 2.09 bits per heavy atom. The van der Waals surface area contributed by atoms with E-state index in [4.69, 9.17) is 4.74 Å². The van der Waals surface area contributed by atoms with Gasteiger partial charge in [0, 0.05) is 0 Å². The summed E-state index contributed by atoms with van der Waals surface area (Å²) in [6.07, 6.45) is 2.63. The van der Waals surface area contributed by atoms with Gasteiger partial charge >= 0.3 is 0 Å². The maximum absolute atomic E-state index is 6.05. The summed E-state index contributed by atoms with van der Waals surface area (Å²) in [5, 5.41) is 0. The molecule has 0 radical (unpaired) electrons. The van der Waals surface area contributed by atoms with Crippen LogP contribution in [0.5, 0.6) is 0 Å². The van der Waals surface area contributed by atoms with Gasteiger partial charge < -0.3 is 4.74 Å². The first-order valence-corrected chi connectivity index (χ1v) is 4.66. The molecule has 0 N–H and O–H groups in total. The molecule has 1 saturated carbocycles. The Balaban J connectivity index is 2.33. The van der Waals surface area contributed by atoms with Crippen LogP contribution in [0.1, 0.15) is 40.5 Å². The van der Waals surface area contributed by atoms with E-state index in [9.17, 15) is 0 Å². The third kappa shape index (κ3) is 0.807. The summed E-state index contributed by atoms with van der Waals surface area (Å²) >= 11 is 0. The topological polar surface area (TPSA) is 9.23 Å². The van der Waals surface area contributed by atoms with Crippen molar-refractivity contribution < 1.29 is 4.74 Å². The summed E-state index contributed by atoms with van der Waals surface area (Å²) in [5.74, 6) is 1.56. The molecule has 3 atom stereocenters. The fourth-order valence-electron chi connectivity index (χ4n) is 3.12. The van der Waals surface area contributed by atoms with Crippen LogP contribution < -0.4 is 0 Å². The fraction of sp³-hybridized carbons (Fsp3) is 1.00. The Labute approximate surface area is 69.1 Å². The third-order valence-corrected chi connectivity index (χ3v) is 3.91. The van der Waals surface area contributed by atoms with Gasteiger partial charge in [-0.1, -0.05) is 6.92 Å². The van der Waals surface area contributed by atoms with Crippen LogP contribution in [-0.2, 0) is 4.74 Å². The second-order valence-electron chi connectivity index (χ2n) is 4.95. The van der Waals surface area contributed by atoms with Crippen LogP contribution in [0.3, 0.4) is 0 Å². The maximum Gasteiger partial charge on any atom is 0.0691 e. The summed E-state index contributed by atoms with van der Waals surface area (Å²) in [6, 6.07) is 0. The van der Waals surface area contributed by atoms with Crippen molar-refractivity contribution in [2.24, 2.45) is 11.8 Å². The zero-order valence-electron chi connectivity index (χ0n) is 7.98. The molecule has 3 unspecified atom stereocenters. The van der Waals surface area contributed by atoms with Gasteiger partial charge in [-0.15, -0.1) is 0 Å². The molecule has 64 valence electrons. The van der Waals surface area contributed by atoms with Crippen LogP contribution >= 0.6 is 0 Å². The van der Waals surface area contributed by atoms with Gasteiger partial charge in [-0.2, -0.15) is 0 Å². The zero-order chi connectivity index (χ0) is 8.28. The Kier molecular flexibility index (Phi) is 1.26. The van der Waals surface area contributed by atoms with Crippen LogP contribution in [0.4, 0.5) is 0 Å². The Bertz CT molecular complexity index is 185. The maximum atomic E-state index is 6.05. The van der Waals surface area contributed by atoms with E-state index in [0.29, 0.717) is 0 Å². The van der Waals surface area contributed by atoms with Crippen molar-refractivity contribution in [2.45, 2.75) is 51.7 Å². The molecule has 0 aromatic carbocycles. The highest BCUT2D eigenvalue weighted by atomic mass is 16.5. The van der Waals surface area contributed by atoms with Gasteiger partial charge in [-0.05, 0) is 45.4 Å². The Hall–Kier alpha value is -0.0400. The van der Waals surface area contributed by atoms with E-state index in [0.717, 1.165) is 11.8 Å². The second-order valence-corrected chi connectivity index (χ2v) is 4.95. The summed E-state index contributed by atoms with van der Waals surface area (Å²) in [5.41, 5.74) is 0.348. The lowest BCUT2D eigenvalue weighted by atomic mass is 9.84. The molecule has 1 heterocycles. The molecule has 2 bridgehead atoms. The molecule has 0 spiro atoms. The summed E-state index contributed by atoms with van der Waals surface area (Å²) in [7, 11) is 0. The largest absolute Gasteiger partial charge is 0.369 e. The van der Waals surface area contributed by atoms with Gasteiger partial charge in [0.2, 0.25) is 0 Å². The molecule has 2 rings (SSSR count). The lowest BCUT2D eigenvalue weighted by molar-refractivity contribution is -0.114. The smallest absolute Gasteiger partial charge is 0.0691 e. The highest BCUT2D eigenvalue weighted by Gasteiger charge is 2.58. The number of rotatable bonds is 0. The average Bonchev–Trinajstić information content (AvgIpc) is 2.15. The molecule has 2 fully saturated rings. The van der Waals surface area contributed by atoms with Gasteiger partial charge in [0.25, 0.3) is 0 Å². The molecular weight excluding hydrogens is 136 g/mol. The number of hydrogen-bond acceptors (Lipinski definition) is 1. The van der Waals surface area contributed by atoms with E-state index < -0.39 is 0 Å². The minimum atomic E-state index is 0.145. The van der Waals surface area contributed by atoms with E-state index in [1.807, 2.05) is 0 Å². The van der Waals surface area contributed by atoms with Crippen LogP contribution in [0, 0.1) is 11.8 Å². The van der Waals surface area contributed by atoms with E-state index in [-0.39, 0.29) is 11.2 Å². The molecule has 1 nitrogen and oxygen atoms in total. The molecule has 1 heteroatoms. The molecule has 1 aliphatic carbocycles. The van der Waals surface area contributed by atoms with Gasteiger partial charge in [-0.3, -0.25) is 0 Å². The molecule has 2 aliphatic rings. The molecule has 1 saturated heterocycles. The predicted molar refractivity (Wildman–Crippen MR) is 45.5 cm³/mol. The quantitative estimate of drug-likeness (QED) is 0.521. The monoisotopic (exact) mass is 154 g/mol. The van der Waals surface area contributed by atoms with Gasteiger partial charge in [0.1, 0.15) is 0 Å². The highest BCUT2D eigenvalue weighted by Crippen LogP contribution is 2.56. The van der Waals surface area contributed by atoms with Crippen LogP contribution in [0.15, 0.2) is 0 Å². The highest BCUT2D eigenvalue weighted by molar-refractivity contribution is 5.06. The van der Waals surface area contributed by atoms with Crippen LogP contribution in [-0.4, -0.2) is 11.2 Å². The zero-order valence-corrected chi connectivity index (χ0v) is 7.98. The normalized spacial score (nSPS) is 53.5. The van der Waals surface area contributed by atoms with Crippen molar-refractivity contribution in [1.82, 2.24) is 0 Å². The molecule has 0 aromatic heterocycles. The van der Waals surface area contributed by atoms with E-state index in [1.54, 1.807) is 0 Å².